The number of carbonyl (C=O) groups is 1. The normalized spacial score (nSPS) is 10.0. The maximum atomic E-state index is 11.8. The Hall–Kier alpha value is -1.62. The first-order chi connectivity index (χ1) is 8.29. The predicted molar refractivity (Wildman–Crippen MR) is 67.2 cm³/mol. The van der Waals surface area contributed by atoms with Crippen LogP contribution in [0.3, 0.4) is 0 Å². The SMILES string of the molecule is CNc1ccncc1C(=O)NCCCCOC. The molecule has 17 heavy (non-hydrogen) atoms. The summed E-state index contributed by atoms with van der Waals surface area (Å²) in [6, 6.07) is 1.78. The van der Waals surface area contributed by atoms with Gasteiger partial charge in [-0.3, -0.25) is 9.78 Å². The van der Waals surface area contributed by atoms with Gasteiger partial charge in [0.2, 0.25) is 0 Å². The highest BCUT2D eigenvalue weighted by Gasteiger charge is 2.09. The first-order valence-corrected chi connectivity index (χ1v) is 5.68. The molecule has 0 radical (unpaired) electrons. The van der Waals surface area contributed by atoms with Crippen molar-refractivity contribution in [3.05, 3.63) is 24.0 Å². The van der Waals surface area contributed by atoms with E-state index >= 15 is 0 Å². The van der Waals surface area contributed by atoms with Crippen LogP contribution < -0.4 is 10.6 Å². The van der Waals surface area contributed by atoms with Crippen LogP contribution in [0.25, 0.3) is 0 Å². The van der Waals surface area contributed by atoms with Crippen molar-refractivity contribution in [1.82, 2.24) is 10.3 Å². The summed E-state index contributed by atoms with van der Waals surface area (Å²) >= 11 is 0. The number of hydrogen-bond donors (Lipinski definition) is 2. The molecule has 1 heterocycles. The van der Waals surface area contributed by atoms with Gasteiger partial charge < -0.3 is 15.4 Å². The minimum absolute atomic E-state index is 0.0973. The fourth-order valence-corrected chi connectivity index (χ4v) is 1.46. The van der Waals surface area contributed by atoms with Crippen LogP contribution >= 0.6 is 0 Å². The number of methoxy groups -OCH3 is 1. The predicted octanol–water partition coefficient (Wildman–Crippen LogP) is 1.28. The van der Waals surface area contributed by atoms with Crippen molar-refractivity contribution in [2.45, 2.75) is 12.8 Å². The van der Waals surface area contributed by atoms with Crippen LogP contribution in [0.4, 0.5) is 5.69 Å². The smallest absolute Gasteiger partial charge is 0.254 e. The molecular formula is C12H19N3O2. The summed E-state index contributed by atoms with van der Waals surface area (Å²) in [4.78, 5) is 15.8. The minimum atomic E-state index is -0.0973. The quantitative estimate of drug-likeness (QED) is 0.701. The second kappa shape index (κ2) is 7.62. The van der Waals surface area contributed by atoms with Gasteiger partial charge in [0.1, 0.15) is 0 Å². The van der Waals surface area contributed by atoms with Crippen LogP contribution in [-0.2, 0) is 4.74 Å². The van der Waals surface area contributed by atoms with Crippen molar-refractivity contribution in [3.8, 4) is 0 Å². The molecular weight excluding hydrogens is 218 g/mol. The van der Waals surface area contributed by atoms with Gasteiger partial charge in [-0.25, -0.2) is 0 Å². The molecule has 1 aromatic rings. The third kappa shape index (κ3) is 4.40. The Morgan fingerprint density at radius 3 is 3.00 bits per heavy atom. The van der Waals surface area contributed by atoms with Gasteiger partial charge >= 0.3 is 0 Å². The van der Waals surface area contributed by atoms with E-state index in [0.29, 0.717) is 12.1 Å². The third-order valence-electron chi connectivity index (χ3n) is 2.40. The van der Waals surface area contributed by atoms with Crippen LogP contribution in [0.5, 0.6) is 0 Å². The highest BCUT2D eigenvalue weighted by molar-refractivity contribution is 5.99. The molecule has 94 valence electrons. The molecule has 1 amide bonds. The molecule has 0 spiro atoms. The number of ether oxygens (including phenoxy) is 1. The monoisotopic (exact) mass is 237 g/mol. The fraction of sp³-hybridized carbons (Fsp3) is 0.500. The number of anilines is 1. The zero-order valence-corrected chi connectivity index (χ0v) is 10.3. The summed E-state index contributed by atoms with van der Waals surface area (Å²) in [5, 5.41) is 5.82. The number of rotatable bonds is 7. The molecule has 0 saturated carbocycles. The lowest BCUT2D eigenvalue weighted by Gasteiger charge is -2.08. The van der Waals surface area contributed by atoms with E-state index < -0.39 is 0 Å². The number of aromatic nitrogens is 1. The molecule has 0 atom stereocenters. The number of pyridine rings is 1. The van der Waals surface area contributed by atoms with E-state index in [1.165, 1.54) is 0 Å². The lowest BCUT2D eigenvalue weighted by Crippen LogP contribution is -2.25. The zero-order chi connectivity index (χ0) is 12.5. The molecule has 5 nitrogen and oxygen atoms in total. The molecule has 1 aromatic heterocycles. The van der Waals surface area contributed by atoms with E-state index in [0.717, 1.165) is 25.1 Å². The topological polar surface area (TPSA) is 63.2 Å². The minimum Gasteiger partial charge on any atom is -0.387 e. The van der Waals surface area contributed by atoms with E-state index in [1.54, 1.807) is 32.6 Å². The number of unbranched alkanes of at least 4 members (excludes halogenated alkanes) is 1. The Balaban J connectivity index is 2.41. The lowest BCUT2D eigenvalue weighted by molar-refractivity contribution is 0.0952. The first-order valence-electron chi connectivity index (χ1n) is 5.68. The van der Waals surface area contributed by atoms with Gasteiger partial charge in [0, 0.05) is 45.4 Å². The van der Waals surface area contributed by atoms with Crippen LogP contribution in [0.15, 0.2) is 18.5 Å². The van der Waals surface area contributed by atoms with Crippen LogP contribution in [-0.4, -0.2) is 38.2 Å². The summed E-state index contributed by atoms with van der Waals surface area (Å²) in [6.07, 6.45) is 5.08. The Morgan fingerprint density at radius 1 is 1.47 bits per heavy atom. The van der Waals surface area contributed by atoms with Crippen LogP contribution in [0.1, 0.15) is 23.2 Å². The maximum absolute atomic E-state index is 11.8. The van der Waals surface area contributed by atoms with Gasteiger partial charge in [-0.2, -0.15) is 0 Å². The lowest BCUT2D eigenvalue weighted by atomic mass is 10.2. The van der Waals surface area contributed by atoms with Crippen LogP contribution in [0.2, 0.25) is 0 Å². The van der Waals surface area contributed by atoms with Gasteiger partial charge in [-0.1, -0.05) is 0 Å². The summed E-state index contributed by atoms with van der Waals surface area (Å²) in [5.41, 5.74) is 1.36. The summed E-state index contributed by atoms with van der Waals surface area (Å²) in [6.45, 7) is 1.38. The van der Waals surface area contributed by atoms with Gasteiger partial charge in [0.05, 0.1) is 5.56 Å². The van der Waals surface area contributed by atoms with E-state index in [-0.39, 0.29) is 5.91 Å². The second-order valence-corrected chi connectivity index (χ2v) is 3.63. The highest BCUT2D eigenvalue weighted by atomic mass is 16.5. The average molecular weight is 237 g/mol. The summed E-state index contributed by atoms with van der Waals surface area (Å²) in [5.74, 6) is -0.0973. The van der Waals surface area contributed by atoms with Crippen molar-refractivity contribution >= 4 is 11.6 Å². The van der Waals surface area contributed by atoms with E-state index in [9.17, 15) is 4.79 Å². The molecule has 0 bridgehead atoms. The van der Waals surface area contributed by atoms with Gasteiger partial charge in [0.15, 0.2) is 0 Å². The molecule has 1 rings (SSSR count). The Labute approximate surface area is 102 Å². The number of nitrogens with one attached hydrogen (secondary N) is 2. The Bertz CT molecular complexity index is 355. The van der Waals surface area contributed by atoms with E-state index in [4.69, 9.17) is 4.74 Å². The van der Waals surface area contributed by atoms with Crippen molar-refractivity contribution < 1.29 is 9.53 Å². The molecule has 0 fully saturated rings. The van der Waals surface area contributed by atoms with Crippen molar-refractivity contribution in [2.75, 3.05) is 32.6 Å². The highest BCUT2D eigenvalue weighted by Crippen LogP contribution is 2.11. The van der Waals surface area contributed by atoms with Gasteiger partial charge in [-0.15, -0.1) is 0 Å². The number of amides is 1. The van der Waals surface area contributed by atoms with Gasteiger partial charge in [-0.05, 0) is 18.9 Å². The molecule has 0 aliphatic carbocycles. The van der Waals surface area contributed by atoms with Crippen LogP contribution in [0, 0.1) is 0 Å². The molecule has 0 aliphatic rings. The fourth-order valence-electron chi connectivity index (χ4n) is 1.46. The number of hydrogen-bond acceptors (Lipinski definition) is 4. The van der Waals surface area contributed by atoms with E-state index in [2.05, 4.69) is 15.6 Å². The largest absolute Gasteiger partial charge is 0.387 e. The maximum Gasteiger partial charge on any atom is 0.254 e. The molecule has 0 aliphatic heterocycles. The Morgan fingerprint density at radius 2 is 2.29 bits per heavy atom. The second-order valence-electron chi connectivity index (χ2n) is 3.63. The molecule has 0 unspecified atom stereocenters. The molecule has 0 aromatic carbocycles. The zero-order valence-electron chi connectivity index (χ0n) is 10.3. The van der Waals surface area contributed by atoms with E-state index in [1.807, 2.05) is 0 Å². The summed E-state index contributed by atoms with van der Waals surface area (Å²) in [7, 11) is 3.46. The van der Waals surface area contributed by atoms with Gasteiger partial charge in [0.25, 0.3) is 5.91 Å². The molecule has 5 heteroatoms. The average Bonchev–Trinajstić information content (AvgIpc) is 2.38. The molecule has 0 saturated heterocycles. The Kier molecular flexibility index (Phi) is 6.03. The molecule has 2 N–H and O–H groups in total. The first kappa shape index (κ1) is 13.4. The van der Waals surface area contributed by atoms with Crippen molar-refractivity contribution in [1.29, 1.82) is 0 Å². The number of nitrogens with zero attached hydrogens (tertiary/aromatic N) is 1. The third-order valence-corrected chi connectivity index (χ3v) is 2.40. The summed E-state index contributed by atoms with van der Waals surface area (Å²) < 4.78 is 4.94. The van der Waals surface area contributed by atoms with Crippen molar-refractivity contribution in [2.24, 2.45) is 0 Å². The van der Waals surface area contributed by atoms with Crippen molar-refractivity contribution in [3.63, 3.8) is 0 Å². The standard InChI is InChI=1S/C12H19N3O2/c1-13-11-5-7-14-9-10(11)12(16)15-6-3-4-8-17-2/h5,7,9H,3-4,6,8H2,1-2H3,(H,13,14)(H,15,16). The number of carbonyl (C=O) groups excluding carboxylic acids is 1.